The summed E-state index contributed by atoms with van der Waals surface area (Å²) in [6.07, 6.45) is 6.55. The number of rotatable bonds is 4. The van der Waals surface area contributed by atoms with E-state index in [0.717, 1.165) is 45.2 Å². The van der Waals surface area contributed by atoms with Gasteiger partial charge >= 0.3 is 0 Å². The van der Waals surface area contributed by atoms with E-state index in [2.05, 4.69) is 17.6 Å². The molecule has 2 aliphatic rings. The maximum Gasteiger partial charge on any atom is 0.220 e. The van der Waals surface area contributed by atoms with Crippen molar-refractivity contribution in [2.45, 2.75) is 63.7 Å². The molecular weight excluding hydrogens is 216 g/mol. The number of carbonyl (C=O) groups is 1. The fourth-order valence-corrected chi connectivity index (χ4v) is 2.66. The van der Waals surface area contributed by atoms with Crippen molar-refractivity contribution in [1.29, 1.82) is 0 Å². The Morgan fingerprint density at radius 3 is 2.71 bits per heavy atom. The number of carbonyl (C=O) groups excluding carboxylic acids is 1. The highest BCUT2D eigenvalue weighted by Gasteiger charge is 2.23. The molecule has 2 atom stereocenters. The van der Waals surface area contributed by atoms with E-state index in [0.29, 0.717) is 24.7 Å². The zero-order chi connectivity index (χ0) is 12.1. The zero-order valence-corrected chi connectivity index (χ0v) is 10.7. The standard InChI is InChI=1S/C13H24N2O2/c1-10-2-3-12(17-10)4-5-13(16)15-11-6-8-14-9-7-11/h10-12,14H,2-9H2,1H3,(H,15,16). The predicted octanol–water partition coefficient (Wildman–Crippen LogP) is 1.20. The molecule has 4 heteroatoms. The summed E-state index contributed by atoms with van der Waals surface area (Å²) in [5.41, 5.74) is 0. The summed E-state index contributed by atoms with van der Waals surface area (Å²) in [5, 5.41) is 6.42. The van der Waals surface area contributed by atoms with Crippen LogP contribution in [-0.4, -0.2) is 37.2 Å². The second kappa shape index (κ2) is 6.36. The van der Waals surface area contributed by atoms with E-state index < -0.39 is 0 Å². The van der Waals surface area contributed by atoms with E-state index >= 15 is 0 Å². The molecule has 2 N–H and O–H groups in total. The van der Waals surface area contributed by atoms with Crippen molar-refractivity contribution < 1.29 is 9.53 Å². The minimum atomic E-state index is 0.194. The number of nitrogens with one attached hydrogen (secondary N) is 2. The van der Waals surface area contributed by atoms with Crippen molar-refractivity contribution in [1.82, 2.24) is 10.6 Å². The molecule has 0 spiro atoms. The van der Waals surface area contributed by atoms with Crippen LogP contribution in [0.4, 0.5) is 0 Å². The highest BCUT2D eigenvalue weighted by atomic mass is 16.5. The van der Waals surface area contributed by atoms with Gasteiger partial charge in [-0.1, -0.05) is 0 Å². The van der Waals surface area contributed by atoms with Gasteiger partial charge in [-0.05, 0) is 52.1 Å². The topological polar surface area (TPSA) is 50.4 Å². The number of hydrogen-bond acceptors (Lipinski definition) is 3. The highest BCUT2D eigenvalue weighted by molar-refractivity contribution is 5.76. The highest BCUT2D eigenvalue weighted by Crippen LogP contribution is 2.22. The molecule has 2 heterocycles. The minimum Gasteiger partial charge on any atom is -0.375 e. The predicted molar refractivity (Wildman–Crippen MR) is 66.8 cm³/mol. The van der Waals surface area contributed by atoms with E-state index in [1.54, 1.807) is 0 Å². The number of ether oxygens (including phenoxy) is 1. The molecule has 2 rings (SSSR count). The minimum absolute atomic E-state index is 0.194. The van der Waals surface area contributed by atoms with Crippen LogP contribution in [0.15, 0.2) is 0 Å². The molecule has 0 aliphatic carbocycles. The van der Waals surface area contributed by atoms with Crippen molar-refractivity contribution in [2.75, 3.05) is 13.1 Å². The van der Waals surface area contributed by atoms with E-state index in [4.69, 9.17) is 4.74 Å². The van der Waals surface area contributed by atoms with Crippen LogP contribution in [0.1, 0.15) is 45.4 Å². The van der Waals surface area contributed by atoms with Gasteiger partial charge in [0, 0.05) is 12.5 Å². The fourth-order valence-electron chi connectivity index (χ4n) is 2.66. The van der Waals surface area contributed by atoms with Crippen molar-refractivity contribution in [3.05, 3.63) is 0 Å². The lowest BCUT2D eigenvalue weighted by Gasteiger charge is -2.23. The second-order valence-corrected chi connectivity index (χ2v) is 5.28. The van der Waals surface area contributed by atoms with E-state index in [9.17, 15) is 4.79 Å². The summed E-state index contributed by atoms with van der Waals surface area (Å²) in [5.74, 6) is 0.194. The monoisotopic (exact) mass is 240 g/mol. The van der Waals surface area contributed by atoms with Crippen LogP contribution in [0.3, 0.4) is 0 Å². The van der Waals surface area contributed by atoms with Crippen LogP contribution >= 0.6 is 0 Å². The van der Waals surface area contributed by atoms with Crippen LogP contribution in [0.25, 0.3) is 0 Å². The molecule has 17 heavy (non-hydrogen) atoms. The van der Waals surface area contributed by atoms with Gasteiger partial charge in [0.2, 0.25) is 5.91 Å². The molecular formula is C13H24N2O2. The molecule has 2 unspecified atom stereocenters. The third kappa shape index (κ3) is 4.28. The number of piperidine rings is 1. The molecule has 2 saturated heterocycles. The largest absolute Gasteiger partial charge is 0.375 e. The Morgan fingerprint density at radius 1 is 1.29 bits per heavy atom. The summed E-state index contributed by atoms with van der Waals surface area (Å²) in [6.45, 7) is 4.15. The summed E-state index contributed by atoms with van der Waals surface area (Å²) in [6, 6.07) is 0.382. The molecule has 2 aliphatic heterocycles. The quantitative estimate of drug-likeness (QED) is 0.776. The van der Waals surface area contributed by atoms with Crippen LogP contribution < -0.4 is 10.6 Å². The average molecular weight is 240 g/mol. The van der Waals surface area contributed by atoms with Gasteiger partial charge in [0.1, 0.15) is 0 Å². The van der Waals surface area contributed by atoms with Gasteiger partial charge in [-0.25, -0.2) is 0 Å². The summed E-state index contributed by atoms with van der Waals surface area (Å²) < 4.78 is 5.71. The Bertz CT molecular complexity index is 252. The average Bonchev–Trinajstić information content (AvgIpc) is 2.74. The molecule has 1 amide bonds. The van der Waals surface area contributed by atoms with Crippen LogP contribution in [0, 0.1) is 0 Å². The van der Waals surface area contributed by atoms with Crippen molar-refractivity contribution in [2.24, 2.45) is 0 Å². The van der Waals surface area contributed by atoms with E-state index in [-0.39, 0.29) is 5.91 Å². The molecule has 0 radical (unpaired) electrons. The molecule has 0 aromatic carbocycles. The Morgan fingerprint density at radius 2 is 2.06 bits per heavy atom. The molecule has 0 saturated carbocycles. The normalized spacial score (nSPS) is 30.4. The summed E-state index contributed by atoms with van der Waals surface area (Å²) in [7, 11) is 0. The van der Waals surface area contributed by atoms with Gasteiger partial charge in [0.15, 0.2) is 0 Å². The van der Waals surface area contributed by atoms with Gasteiger partial charge in [0.25, 0.3) is 0 Å². The van der Waals surface area contributed by atoms with Crippen LogP contribution in [0.5, 0.6) is 0 Å². The smallest absolute Gasteiger partial charge is 0.220 e. The van der Waals surface area contributed by atoms with Crippen molar-refractivity contribution >= 4 is 5.91 Å². The third-order valence-electron chi connectivity index (χ3n) is 3.72. The molecule has 0 bridgehead atoms. The van der Waals surface area contributed by atoms with Gasteiger partial charge in [-0.3, -0.25) is 4.79 Å². The maximum absolute atomic E-state index is 11.8. The van der Waals surface area contributed by atoms with E-state index in [1.807, 2.05) is 0 Å². The Labute approximate surface area is 103 Å². The first kappa shape index (κ1) is 12.8. The zero-order valence-electron chi connectivity index (χ0n) is 10.7. The van der Waals surface area contributed by atoms with Crippen molar-refractivity contribution in [3.63, 3.8) is 0 Å². The van der Waals surface area contributed by atoms with Crippen molar-refractivity contribution in [3.8, 4) is 0 Å². The first-order valence-electron chi connectivity index (χ1n) is 6.89. The number of hydrogen-bond donors (Lipinski definition) is 2. The molecule has 0 aromatic heterocycles. The van der Waals surface area contributed by atoms with Crippen LogP contribution in [-0.2, 0) is 9.53 Å². The Kier molecular flexibility index (Phi) is 4.80. The first-order valence-corrected chi connectivity index (χ1v) is 6.89. The lowest BCUT2D eigenvalue weighted by molar-refractivity contribution is -0.122. The van der Waals surface area contributed by atoms with Gasteiger partial charge < -0.3 is 15.4 Å². The van der Waals surface area contributed by atoms with Gasteiger partial charge in [-0.2, -0.15) is 0 Å². The molecule has 0 aromatic rings. The van der Waals surface area contributed by atoms with E-state index in [1.165, 1.54) is 0 Å². The molecule has 4 nitrogen and oxygen atoms in total. The van der Waals surface area contributed by atoms with Crippen LogP contribution in [0.2, 0.25) is 0 Å². The summed E-state index contributed by atoms with van der Waals surface area (Å²) in [4.78, 5) is 11.8. The van der Waals surface area contributed by atoms with Gasteiger partial charge in [0.05, 0.1) is 12.2 Å². The molecule has 2 fully saturated rings. The first-order chi connectivity index (χ1) is 8.24. The third-order valence-corrected chi connectivity index (χ3v) is 3.72. The van der Waals surface area contributed by atoms with Gasteiger partial charge in [-0.15, -0.1) is 0 Å². The SMILES string of the molecule is CC1CCC(CCC(=O)NC2CCNCC2)O1. The molecule has 98 valence electrons. The Hall–Kier alpha value is -0.610. The maximum atomic E-state index is 11.8. The lowest BCUT2D eigenvalue weighted by atomic mass is 10.1. The fraction of sp³-hybridized carbons (Fsp3) is 0.923. The summed E-state index contributed by atoms with van der Waals surface area (Å²) >= 11 is 0. The lowest BCUT2D eigenvalue weighted by Crippen LogP contribution is -2.42. The Balaban J connectivity index is 1.60. The number of amides is 1. The second-order valence-electron chi connectivity index (χ2n) is 5.28.